The Morgan fingerprint density at radius 2 is 1.96 bits per heavy atom. The van der Waals surface area contributed by atoms with Crippen molar-refractivity contribution in [3.63, 3.8) is 0 Å². The van der Waals surface area contributed by atoms with E-state index in [1.807, 2.05) is 36.4 Å². The molecule has 1 N–H and O–H groups in total. The van der Waals surface area contributed by atoms with E-state index in [2.05, 4.69) is 35.8 Å². The van der Waals surface area contributed by atoms with Crippen LogP contribution < -0.4 is 4.90 Å². The number of β-amino-alcohol motifs (C(OH)–C–C–N with tert-alkyl or cyclic N) is 1. The second-order valence-corrected chi connectivity index (χ2v) is 8.52. The van der Waals surface area contributed by atoms with E-state index in [0.717, 1.165) is 18.8 Å². The molecule has 0 saturated carbocycles. The molecule has 1 aromatic carbocycles. The minimum atomic E-state index is -0.329. The summed E-state index contributed by atoms with van der Waals surface area (Å²) in [4.78, 5) is 19.5. The smallest absolute Gasteiger partial charge is 0.168 e. The third-order valence-electron chi connectivity index (χ3n) is 5.30. The molecule has 0 radical (unpaired) electrons. The minimum Gasteiger partial charge on any atom is -0.391 e. The van der Waals surface area contributed by atoms with Crippen molar-refractivity contribution >= 4 is 17.2 Å². The number of nitrogens with zero attached hydrogens (tertiary/aromatic N) is 4. The molecule has 1 fully saturated rings. The number of rotatable bonds is 4. The Kier molecular flexibility index (Phi) is 4.67. The molecule has 1 aliphatic rings. The van der Waals surface area contributed by atoms with Crippen LogP contribution in [0.5, 0.6) is 0 Å². The van der Waals surface area contributed by atoms with Gasteiger partial charge in [-0.3, -0.25) is 4.79 Å². The molecule has 1 aliphatic heterocycles. The maximum Gasteiger partial charge on any atom is 0.168 e. The molecule has 4 rings (SSSR count). The van der Waals surface area contributed by atoms with Gasteiger partial charge in [0.25, 0.3) is 0 Å². The molecular weight excluding hydrogens is 352 g/mol. The van der Waals surface area contributed by atoms with E-state index in [4.69, 9.17) is 0 Å². The highest BCUT2D eigenvalue weighted by Crippen LogP contribution is 2.24. The molecule has 146 valence electrons. The summed E-state index contributed by atoms with van der Waals surface area (Å²) in [7, 11) is 0. The van der Waals surface area contributed by atoms with Crippen LogP contribution in [-0.4, -0.2) is 44.7 Å². The number of hydrogen-bond acceptors (Lipinski definition) is 5. The highest BCUT2D eigenvalue weighted by Gasteiger charge is 2.24. The van der Waals surface area contributed by atoms with Crippen LogP contribution in [0.4, 0.5) is 5.82 Å². The van der Waals surface area contributed by atoms with Crippen molar-refractivity contribution in [1.29, 1.82) is 0 Å². The Bertz CT molecular complexity index is 1000. The van der Waals surface area contributed by atoms with Gasteiger partial charge in [0.05, 0.1) is 24.4 Å². The summed E-state index contributed by atoms with van der Waals surface area (Å²) in [6.07, 6.45) is 2.35. The maximum atomic E-state index is 12.8. The molecular formula is C22H26N4O2. The lowest BCUT2D eigenvalue weighted by Gasteiger charge is -2.20. The summed E-state index contributed by atoms with van der Waals surface area (Å²) in [6, 6.07) is 11.6. The third kappa shape index (κ3) is 3.64. The first-order chi connectivity index (χ1) is 13.3. The number of benzene rings is 1. The quantitative estimate of drug-likeness (QED) is 0.707. The Balaban J connectivity index is 1.60. The fourth-order valence-corrected chi connectivity index (χ4v) is 3.64. The van der Waals surface area contributed by atoms with Crippen molar-refractivity contribution in [1.82, 2.24) is 14.6 Å². The van der Waals surface area contributed by atoms with Gasteiger partial charge < -0.3 is 10.0 Å². The number of aliphatic hydroxyl groups is 1. The van der Waals surface area contributed by atoms with Crippen LogP contribution in [-0.2, 0) is 11.8 Å². The molecule has 0 amide bonds. The molecule has 6 nitrogen and oxygen atoms in total. The van der Waals surface area contributed by atoms with Crippen molar-refractivity contribution in [2.45, 2.75) is 45.1 Å². The number of aliphatic hydroxyl groups excluding tert-OH is 1. The molecule has 2 aromatic heterocycles. The minimum absolute atomic E-state index is 0.0456. The molecule has 3 heterocycles. The van der Waals surface area contributed by atoms with Gasteiger partial charge in [0.1, 0.15) is 5.82 Å². The molecule has 1 saturated heterocycles. The van der Waals surface area contributed by atoms with Crippen molar-refractivity contribution in [2.24, 2.45) is 0 Å². The average molecular weight is 378 g/mol. The van der Waals surface area contributed by atoms with Gasteiger partial charge in [0.2, 0.25) is 0 Å². The van der Waals surface area contributed by atoms with E-state index in [0.29, 0.717) is 23.4 Å². The summed E-state index contributed by atoms with van der Waals surface area (Å²) < 4.78 is 1.77. The van der Waals surface area contributed by atoms with Gasteiger partial charge in [-0.1, -0.05) is 45.0 Å². The Labute approximate surface area is 164 Å². The van der Waals surface area contributed by atoms with Crippen molar-refractivity contribution in [2.75, 3.05) is 18.0 Å². The third-order valence-corrected chi connectivity index (χ3v) is 5.30. The number of Topliss-reactive ketones (excluding diaryl/α,β-unsaturated/α-hetero) is 1. The van der Waals surface area contributed by atoms with Gasteiger partial charge >= 0.3 is 0 Å². The highest BCUT2D eigenvalue weighted by molar-refractivity contribution is 5.97. The standard InChI is InChI=1S/C22H26N4O2/c1-22(2,3)16-6-4-15(5-7-16)19(28)12-17-13-21(25-11-9-18(27)14-25)26-20(24-17)8-10-23-26/h4-8,10,13,18,27H,9,11-12,14H2,1-3H3. The second-order valence-electron chi connectivity index (χ2n) is 8.52. The normalized spacial score (nSPS) is 17.4. The van der Waals surface area contributed by atoms with Gasteiger partial charge in [-0.25, -0.2) is 4.98 Å². The Morgan fingerprint density at radius 1 is 1.21 bits per heavy atom. The summed E-state index contributed by atoms with van der Waals surface area (Å²) in [5, 5.41) is 14.2. The van der Waals surface area contributed by atoms with Crippen LogP contribution in [0.1, 0.15) is 48.8 Å². The lowest BCUT2D eigenvalue weighted by Crippen LogP contribution is -2.24. The van der Waals surface area contributed by atoms with Crippen molar-refractivity contribution < 1.29 is 9.90 Å². The predicted octanol–water partition coefficient (Wildman–Crippen LogP) is 3.02. The van der Waals surface area contributed by atoms with Crippen molar-refractivity contribution in [3.05, 3.63) is 59.4 Å². The van der Waals surface area contributed by atoms with Crippen LogP contribution in [0.3, 0.4) is 0 Å². The molecule has 0 spiro atoms. The van der Waals surface area contributed by atoms with E-state index < -0.39 is 0 Å². The fraction of sp³-hybridized carbons (Fsp3) is 0.409. The monoisotopic (exact) mass is 378 g/mol. The van der Waals surface area contributed by atoms with E-state index in [-0.39, 0.29) is 23.7 Å². The molecule has 1 unspecified atom stereocenters. The van der Waals surface area contributed by atoms with Gasteiger partial charge in [0.15, 0.2) is 11.4 Å². The number of anilines is 1. The fourth-order valence-electron chi connectivity index (χ4n) is 3.64. The summed E-state index contributed by atoms with van der Waals surface area (Å²) in [5.41, 5.74) is 3.39. The van der Waals surface area contributed by atoms with Crippen LogP contribution in [0.25, 0.3) is 5.65 Å². The lowest BCUT2D eigenvalue weighted by molar-refractivity contribution is 0.0992. The maximum absolute atomic E-state index is 12.8. The Morgan fingerprint density at radius 3 is 2.61 bits per heavy atom. The second kappa shape index (κ2) is 7.02. The number of carbonyl (C=O) groups excluding carboxylic acids is 1. The van der Waals surface area contributed by atoms with Gasteiger partial charge in [-0.05, 0) is 17.4 Å². The first kappa shape index (κ1) is 18.6. The zero-order valence-electron chi connectivity index (χ0n) is 16.6. The van der Waals surface area contributed by atoms with E-state index in [1.165, 1.54) is 5.56 Å². The zero-order chi connectivity index (χ0) is 19.9. The largest absolute Gasteiger partial charge is 0.391 e. The van der Waals surface area contributed by atoms with Gasteiger partial charge in [0, 0.05) is 30.8 Å². The Hall–Kier alpha value is -2.73. The SMILES string of the molecule is CC(C)(C)c1ccc(C(=O)Cc2cc(N3CCC(O)C3)n3nccc3n2)cc1. The van der Waals surface area contributed by atoms with Crippen LogP contribution in [0.15, 0.2) is 42.6 Å². The summed E-state index contributed by atoms with van der Waals surface area (Å²) in [6.45, 7) is 7.81. The van der Waals surface area contributed by atoms with Crippen LogP contribution >= 0.6 is 0 Å². The van der Waals surface area contributed by atoms with Crippen LogP contribution in [0, 0.1) is 0 Å². The molecule has 0 bridgehead atoms. The van der Waals surface area contributed by atoms with Gasteiger partial charge in [-0.15, -0.1) is 0 Å². The number of aromatic nitrogens is 3. The first-order valence-electron chi connectivity index (χ1n) is 9.72. The molecule has 1 atom stereocenters. The number of carbonyl (C=O) groups is 1. The predicted molar refractivity (Wildman–Crippen MR) is 109 cm³/mol. The topological polar surface area (TPSA) is 70.7 Å². The number of hydrogen-bond donors (Lipinski definition) is 1. The average Bonchev–Trinajstić information content (AvgIpc) is 3.29. The summed E-state index contributed by atoms with van der Waals surface area (Å²) in [5.74, 6) is 0.918. The van der Waals surface area contributed by atoms with E-state index >= 15 is 0 Å². The number of ketones is 1. The highest BCUT2D eigenvalue weighted by atomic mass is 16.3. The first-order valence-corrected chi connectivity index (χ1v) is 9.72. The molecule has 3 aromatic rings. The number of fused-ring (bicyclic) bond motifs is 1. The lowest BCUT2D eigenvalue weighted by atomic mass is 9.86. The van der Waals surface area contributed by atoms with E-state index in [1.54, 1.807) is 10.7 Å². The van der Waals surface area contributed by atoms with E-state index in [9.17, 15) is 9.90 Å². The van der Waals surface area contributed by atoms with Gasteiger partial charge in [-0.2, -0.15) is 9.61 Å². The molecule has 0 aliphatic carbocycles. The molecule has 6 heteroatoms. The van der Waals surface area contributed by atoms with Crippen molar-refractivity contribution in [3.8, 4) is 0 Å². The zero-order valence-corrected chi connectivity index (χ0v) is 16.6. The molecule has 28 heavy (non-hydrogen) atoms. The van der Waals surface area contributed by atoms with Crippen LogP contribution in [0.2, 0.25) is 0 Å². The summed E-state index contributed by atoms with van der Waals surface area (Å²) >= 11 is 0.